The van der Waals surface area contributed by atoms with E-state index in [2.05, 4.69) is 10.6 Å². The molecule has 0 aliphatic rings. The molecule has 8 heteroatoms. The smallest absolute Gasteiger partial charge is 0.251 e. The third-order valence-corrected chi connectivity index (χ3v) is 5.42. The normalized spacial score (nSPS) is 13.4. The minimum absolute atomic E-state index is 0.0184. The van der Waals surface area contributed by atoms with E-state index in [-0.39, 0.29) is 29.2 Å². The van der Waals surface area contributed by atoms with Crippen molar-refractivity contribution < 1.29 is 18.0 Å². The average Bonchev–Trinajstić information content (AvgIpc) is 2.69. The standard InChI is InChI=1S/C20H25N3O4S/c1-3-14(2)18(23-19(24)16-9-5-4-6-10-16)20(25)22-13-15-8-7-11-17(12-15)28(21,26)27/h4-12,14,18H,3,13H2,1-2H3,(H,22,25)(H,23,24)(H2,21,26,27). The molecule has 0 radical (unpaired) electrons. The summed E-state index contributed by atoms with van der Waals surface area (Å²) in [5.74, 6) is -0.736. The number of primary sulfonamides is 1. The molecule has 7 nitrogen and oxygen atoms in total. The molecule has 0 heterocycles. The fraction of sp³-hybridized carbons (Fsp3) is 0.300. The average molecular weight is 404 g/mol. The van der Waals surface area contributed by atoms with E-state index in [0.717, 1.165) is 0 Å². The maximum Gasteiger partial charge on any atom is 0.251 e. The van der Waals surface area contributed by atoms with Crippen molar-refractivity contribution in [2.45, 2.75) is 37.8 Å². The van der Waals surface area contributed by atoms with E-state index in [1.54, 1.807) is 36.4 Å². The zero-order valence-corrected chi connectivity index (χ0v) is 16.7. The predicted molar refractivity (Wildman–Crippen MR) is 107 cm³/mol. The number of benzene rings is 2. The number of nitrogens with one attached hydrogen (secondary N) is 2. The Balaban J connectivity index is 2.08. The largest absolute Gasteiger partial charge is 0.350 e. The molecule has 2 atom stereocenters. The molecule has 150 valence electrons. The molecule has 0 saturated carbocycles. The highest BCUT2D eigenvalue weighted by Gasteiger charge is 2.26. The van der Waals surface area contributed by atoms with Gasteiger partial charge >= 0.3 is 0 Å². The molecule has 0 aliphatic heterocycles. The summed E-state index contributed by atoms with van der Waals surface area (Å²) in [5.41, 5.74) is 1.07. The third-order valence-electron chi connectivity index (χ3n) is 4.51. The Hall–Kier alpha value is -2.71. The van der Waals surface area contributed by atoms with E-state index >= 15 is 0 Å². The number of hydrogen-bond acceptors (Lipinski definition) is 4. The topological polar surface area (TPSA) is 118 Å². The van der Waals surface area contributed by atoms with E-state index in [1.165, 1.54) is 12.1 Å². The highest BCUT2D eigenvalue weighted by Crippen LogP contribution is 2.12. The van der Waals surface area contributed by atoms with Crippen molar-refractivity contribution in [1.29, 1.82) is 0 Å². The van der Waals surface area contributed by atoms with Crippen molar-refractivity contribution in [1.82, 2.24) is 10.6 Å². The van der Waals surface area contributed by atoms with Gasteiger partial charge in [-0.25, -0.2) is 13.6 Å². The molecule has 28 heavy (non-hydrogen) atoms. The molecule has 4 N–H and O–H groups in total. The number of nitrogens with two attached hydrogens (primary N) is 1. The van der Waals surface area contributed by atoms with Gasteiger partial charge in [0.25, 0.3) is 5.91 Å². The molecule has 0 aliphatic carbocycles. The molecule has 0 fully saturated rings. The van der Waals surface area contributed by atoms with E-state index < -0.39 is 16.1 Å². The maximum absolute atomic E-state index is 12.7. The summed E-state index contributed by atoms with van der Waals surface area (Å²) in [6.07, 6.45) is 0.702. The lowest BCUT2D eigenvalue weighted by atomic mass is 9.97. The molecule has 2 unspecified atom stereocenters. The van der Waals surface area contributed by atoms with Crippen molar-refractivity contribution in [2.24, 2.45) is 11.1 Å². The van der Waals surface area contributed by atoms with Crippen LogP contribution in [0, 0.1) is 5.92 Å². The quantitative estimate of drug-likeness (QED) is 0.623. The Bertz CT molecular complexity index is 929. The van der Waals surface area contributed by atoms with Crippen molar-refractivity contribution in [3.05, 3.63) is 65.7 Å². The number of rotatable bonds is 8. The maximum atomic E-state index is 12.7. The number of carbonyl (C=O) groups excluding carboxylic acids is 2. The second-order valence-electron chi connectivity index (χ2n) is 6.61. The molecule has 0 bridgehead atoms. The minimum Gasteiger partial charge on any atom is -0.350 e. The van der Waals surface area contributed by atoms with Gasteiger partial charge in [-0.1, -0.05) is 50.6 Å². The summed E-state index contributed by atoms with van der Waals surface area (Å²) < 4.78 is 22.9. The van der Waals surface area contributed by atoms with Crippen LogP contribution in [0.2, 0.25) is 0 Å². The fourth-order valence-corrected chi connectivity index (χ4v) is 3.23. The molecule has 0 aromatic heterocycles. The second-order valence-corrected chi connectivity index (χ2v) is 8.17. The Morgan fingerprint density at radius 2 is 1.75 bits per heavy atom. The summed E-state index contributed by atoms with van der Waals surface area (Å²) in [7, 11) is -3.81. The monoisotopic (exact) mass is 403 g/mol. The van der Waals surface area contributed by atoms with Crippen LogP contribution in [-0.2, 0) is 21.4 Å². The summed E-state index contributed by atoms with van der Waals surface area (Å²) in [5, 5.41) is 10.7. The minimum atomic E-state index is -3.81. The van der Waals surface area contributed by atoms with E-state index in [1.807, 2.05) is 19.9 Å². The van der Waals surface area contributed by atoms with Crippen molar-refractivity contribution in [3.63, 3.8) is 0 Å². The van der Waals surface area contributed by atoms with Gasteiger partial charge in [0.1, 0.15) is 6.04 Å². The first kappa shape index (κ1) is 21.6. The lowest BCUT2D eigenvalue weighted by Crippen LogP contribution is -2.50. The van der Waals surface area contributed by atoms with Gasteiger partial charge < -0.3 is 10.6 Å². The number of hydrogen-bond donors (Lipinski definition) is 3. The van der Waals surface area contributed by atoms with Gasteiger partial charge in [-0.15, -0.1) is 0 Å². The van der Waals surface area contributed by atoms with Gasteiger partial charge in [0.2, 0.25) is 15.9 Å². The molecule has 2 rings (SSSR count). The lowest BCUT2D eigenvalue weighted by molar-refractivity contribution is -0.124. The van der Waals surface area contributed by atoms with Gasteiger partial charge in [-0.2, -0.15) is 0 Å². The van der Waals surface area contributed by atoms with Crippen LogP contribution in [0.15, 0.2) is 59.5 Å². The molecule has 2 aromatic rings. The highest BCUT2D eigenvalue weighted by molar-refractivity contribution is 7.89. The van der Waals surface area contributed by atoms with Gasteiger partial charge in [-0.3, -0.25) is 9.59 Å². The number of amides is 2. The van der Waals surface area contributed by atoms with Crippen LogP contribution in [0.1, 0.15) is 36.2 Å². The van der Waals surface area contributed by atoms with E-state index in [4.69, 9.17) is 5.14 Å². The lowest BCUT2D eigenvalue weighted by Gasteiger charge is -2.23. The molecular formula is C20H25N3O4S. The molecular weight excluding hydrogens is 378 g/mol. The van der Waals surface area contributed by atoms with Crippen molar-refractivity contribution in [3.8, 4) is 0 Å². The fourth-order valence-electron chi connectivity index (χ4n) is 2.65. The van der Waals surface area contributed by atoms with Crippen LogP contribution < -0.4 is 15.8 Å². The Kier molecular flexibility index (Phi) is 7.31. The Morgan fingerprint density at radius 3 is 2.36 bits per heavy atom. The van der Waals surface area contributed by atoms with Crippen LogP contribution in [0.4, 0.5) is 0 Å². The van der Waals surface area contributed by atoms with Crippen molar-refractivity contribution in [2.75, 3.05) is 0 Å². The SMILES string of the molecule is CCC(C)C(NC(=O)c1ccccc1)C(=O)NCc1cccc(S(N)(=O)=O)c1. The zero-order chi connectivity index (χ0) is 20.7. The highest BCUT2D eigenvalue weighted by atomic mass is 32.2. The Labute approximate surface area is 165 Å². The van der Waals surface area contributed by atoms with Crippen molar-refractivity contribution >= 4 is 21.8 Å². The first-order valence-electron chi connectivity index (χ1n) is 8.97. The van der Waals surface area contributed by atoms with E-state index in [9.17, 15) is 18.0 Å². The first-order valence-corrected chi connectivity index (χ1v) is 10.5. The van der Waals surface area contributed by atoms with Gasteiger partial charge in [-0.05, 0) is 35.7 Å². The Morgan fingerprint density at radius 1 is 1.07 bits per heavy atom. The predicted octanol–water partition coefficient (Wildman–Crippen LogP) is 1.79. The summed E-state index contributed by atoms with van der Waals surface area (Å²) >= 11 is 0. The number of carbonyl (C=O) groups is 2. The van der Waals surface area contributed by atoms with Gasteiger partial charge in [0.05, 0.1) is 4.90 Å². The summed E-state index contributed by atoms with van der Waals surface area (Å²) in [6, 6.07) is 14.0. The molecule has 2 aromatic carbocycles. The molecule has 2 amide bonds. The number of sulfonamides is 1. The van der Waals surface area contributed by atoms with Crippen LogP contribution in [0.25, 0.3) is 0 Å². The first-order chi connectivity index (χ1) is 13.2. The zero-order valence-electron chi connectivity index (χ0n) is 15.9. The molecule has 0 spiro atoms. The van der Waals surface area contributed by atoms with Crippen LogP contribution in [0.5, 0.6) is 0 Å². The van der Waals surface area contributed by atoms with Gasteiger partial charge in [0.15, 0.2) is 0 Å². The van der Waals surface area contributed by atoms with Crippen LogP contribution in [-0.4, -0.2) is 26.3 Å². The summed E-state index contributed by atoms with van der Waals surface area (Å²) in [6.45, 7) is 3.95. The van der Waals surface area contributed by atoms with Crippen LogP contribution >= 0.6 is 0 Å². The third kappa shape index (κ3) is 5.90. The van der Waals surface area contributed by atoms with Crippen LogP contribution in [0.3, 0.4) is 0 Å². The van der Waals surface area contributed by atoms with E-state index in [0.29, 0.717) is 17.5 Å². The second kappa shape index (κ2) is 9.48. The molecule has 0 saturated heterocycles. The summed E-state index contributed by atoms with van der Waals surface area (Å²) in [4.78, 5) is 25.1. The van der Waals surface area contributed by atoms with Gasteiger partial charge in [0, 0.05) is 12.1 Å².